The summed E-state index contributed by atoms with van der Waals surface area (Å²) in [6.45, 7) is 6.95. The summed E-state index contributed by atoms with van der Waals surface area (Å²) >= 11 is 6.06. The van der Waals surface area contributed by atoms with Crippen LogP contribution in [-0.2, 0) is 0 Å². The number of benzene rings is 1. The smallest absolute Gasteiger partial charge is 0.137 e. The van der Waals surface area contributed by atoms with E-state index in [-0.39, 0.29) is 0 Å². The van der Waals surface area contributed by atoms with Gasteiger partial charge in [-0.3, -0.25) is 0 Å². The van der Waals surface area contributed by atoms with Crippen LogP contribution >= 0.6 is 11.6 Å². The molecule has 90 valence electrons. The van der Waals surface area contributed by atoms with Crippen LogP contribution in [0.2, 0.25) is 5.02 Å². The van der Waals surface area contributed by atoms with Gasteiger partial charge in [-0.2, -0.15) is 0 Å². The molecule has 0 heterocycles. The minimum atomic E-state index is 0.638. The third-order valence-corrected chi connectivity index (χ3v) is 2.66. The zero-order chi connectivity index (χ0) is 12.0. The van der Waals surface area contributed by atoms with Crippen LogP contribution in [0.4, 0.5) is 5.69 Å². The van der Waals surface area contributed by atoms with Gasteiger partial charge < -0.3 is 15.4 Å². The monoisotopic (exact) mass is 242 g/mol. The van der Waals surface area contributed by atoms with Crippen molar-refractivity contribution in [1.82, 2.24) is 5.32 Å². The Kier molecular flexibility index (Phi) is 5.43. The molecule has 0 saturated carbocycles. The Morgan fingerprint density at radius 2 is 2.06 bits per heavy atom. The number of likely N-dealkylation sites (N-methyl/N-ethyl adjacent to an activating group) is 1. The second-order valence-corrected chi connectivity index (χ2v) is 3.99. The summed E-state index contributed by atoms with van der Waals surface area (Å²) in [7, 11) is 1.62. The van der Waals surface area contributed by atoms with Crippen LogP contribution in [-0.4, -0.2) is 26.7 Å². The largest absolute Gasteiger partial charge is 0.495 e. The maximum Gasteiger partial charge on any atom is 0.137 e. The highest BCUT2D eigenvalue weighted by Crippen LogP contribution is 2.30. The molecule has 0 fully saturated rings. The fourth-order valence-corrected chi connectivity index (χ4v) is 1.71. The molecular weight excluding hydrogens is 224 g/mol. The lowest BCUT2D eigenvalue weighted by molar-refractivity contribution is 0.415. The molecule has 0 saturated heterocycles. The van der Waals surface area contributed by atoms with Crippen molar-refractivity contribution in [3.05, 3.63) is 22.7 Å². The van der Waals surface area contributed by atoms with Gasteiger partial charge in [-0.05, 0) is 31.2 Å². The average molecular weight is 243 g/mol. The van der Waals surface area contributed by atoms with Gasteiger partial charge in [0.25, 0.3) is 0 Å². The van der Waals surface area contributed by atoms with Gasteiger partial charge in [-0.1, -0.05) is 18.5 Å². The lowest BCUT2D eigenvalue weighted by Gasteiger charge is -2.12. The summed E-state index contributed by atoms with van der Waals surface area (Å²) in [6, 6.07) is 3.85. The van der Waals surface area contributed by atoms with Crippen molar-refractivity contribution in [2.75, 3.05) is 32.1 Å². The second kappa shape index (κ2) is 6.61. The SMILES string of the molecule is CCNCCNc1cc(Cl)c(OC)cc1C. The summed E-state index contributed by atoms with van der Waals surface area (Å²) in [5, 5.41) is 7.23. The highest BCUT2D eigenvalue weighted by Gasteiger charge is 2.05. The zero-order valence-electron chi connectivity index (χ0n) is 10.1. The minimum Gasteiger partial charge on any atom is -0.495 e. The van der Waals surface area contributed by atoms with Gasteiger partial charge in [-0.15, -0.1) is 0 Å². The fraction of sp³-hybridized carbons (Fsp3) is 0.500. The Hall–Kier alpha value is -0.930. The van der Waals surface area contributed by atoms with E-state index in [0.717, 1.165) is 36.6 Å². The van der Waals surface area contributed by atoms with Gasteiger partial charge in [-0.25, -0.2) is 0 Å². The third-order valence-electron chi connectivity index (χ3n) is 2.37. The highest BCUT2D eigenvalue weighted by atomic mass is 35.5. The van der Waals surface area contributed by atoms with Crippen molar-refractivity contribution >= 4 is 17.3 Å². The van der Waals surface area contributed by atoms with E-state index in [0.29, 0.717) is 5.02 Å². The summed E-state index contributed by atoms with van der Waals surface area (Å²) in [6.07, 6.45) is 0. The fourth-order valence-electron chi connectivity index (χ4n) is 1.46. The van der Waals surface area contributed by atoms with Crippen molar-refractivity contribution in [3.63, 3.8) is 0 Å². The summed E-state index contributed by atoms with van der Waals surface area (Å²) in [4.78, 5) is 0. The van der Waals surface area contributed by atoms with Crippen LogP contribution in [0.15, 0.2) is 12.1 Å². The molecule has 0 aliphatic heterocycles. The lowest BCUT2D eigenvalue weighted by atomic mass is 10.2. The number of methoxy groups -OCH3 is 1. The topological polar surface area (TPSA) is 33.3 Å². The second-order valence-electron chi connectivity index (χ2n) is 3.58. The number of hydrogen-bond donors (Lipinski definition) is 2. The molecule has 0 aliphatic rings. The Labute approximate surface area is 102 Å². The van der Waals surface area contributed by atoms with Crippen LogP contribution in [0.25, 0.3) is 0 Å². The van der Waals surface area contributed by atoms with Gasteiger partial charge in [0, 0.05) is 18.8 Å². The van der Waals surface area contributed by atoms with Crippen molar-refractivity contribution in [1.29, 1.82) is 0 Å². The molecule has 0 radical (unpaired) electrons. The van der Waals surface area contributed by atoms with Crippen molar-refractivity contribution in [2.24, 2.45) is 0 Å². The van der Waals surface area contributed by atoms with E-state index in [4.69, 9.17) is 16.3 Å². The predicted molar refractivity (Wildman–Crippen MR) is 69.8 cm³/mol. The molecule has 2 N–H and O–H groups in total. The van der Waals surface area contributed by atoms with Gasteiger partial charge in [0.15, 0.2) is 0 Å². The number of halogens is 1. The number of ether oxygens (including phenoxy) is 1. The Morgan fingerprint density at radius 3 is 2.69 bits per heavy atom. The minimum absolute atomic E-state index is 0.638. The first-order chi connectivity index (χ1) is 7.69. The maximum absolute atomic E-state index is 6.06. The van der Waals surface area contributed by atoms with Gasteiger partial charge in [0.05, 0.1) is 12.1 Å². The van der Waals surface area contributed by atoms with Gasteiger partial charge in [0.2, 0.25) is 0 Å². The molecule has 1 aromatic carbocycles. The van der Waals surface area contributed by atoms with Gasteiger partial charge >= 0.3 is 0 Å². The molecule has 1 aromatic rings. The molecule has 0 aromatic heterocycles. The first-order valence-corrected chi connectivity index (χ1v) is 5.85. The van der Waals surface area contributed by atoms with Crippen LogP contribution < -0.4 is 15.4 Å². The summed E-state index contributed by atoms with van der Waals surface area (Å²) in [5.74, 6) is 0.719. The highest BCUT2D eigenvalue weighted by molar-refractivity contribution is 6.32. The van der Waals surface area contributed by atoms with Crippen molar-refractivity contribution < 1.29 is 4.74 Å². The molecule has 0 aliphatic carbocycles. The Balaban J connectivity index is 2.63. The quantitative estimate of drug-likeness (QED) is 0.753. The number of anilines is 1. The van der Waals surface area contributed by atoms with Crippen molar-refractivity contribution in [3.8, 4) is 5.75 Å². The number of nitrogens with one attached hydrogen (secondary N) is 2. The molecular formula is C12H19ClN2O. The first kappa shape index (κ1) is 13.1. The Morgan fingerprint density at radius 1 is 1.31 bits per heavy atom. The molecule has 0 amide bonds. The third kappa shape index (κ3) is 3.58. The molecule has 1 rings (SSSR count). The lowest BCUT2D eigenvalue weighted by Crippen LogP contribution is -2.21. The number of rotatable bonds is 6. The normalized spacial score (nSPS) is 10.2. The molecule has 0 unspecified atom stereocenters. The molecule has 0 spiro atoms. The van der Waals surface area contributed by atoms with Gasteiger partial charge in [0.1, 0.15) is 5.75 Å². The van der Waals surface area contributed by atoms with E-state index >= 15 is 0 Å². The zero-order valence-corrected chi connectivity index (χ0v) is 10.8. The van der Waals surface area contributed by atoms with Crippen LogP contribution in [0, 0.1) is 6.92 Å². The summed E-state index contributed by atoms with van der Waals surface area (Å²) < 4.78 is 5.15. The molecule has 0 bridgehead atoms. The first-order valence-electron chi connectivity index (χ1n) is 5.47. The maximum atomic E-state index is 6.06. The summed E-state index contributed by atoms with van der Waals surface area (Å²) in [5.41, 5.74) is 2.20. The molecule has 3 nitrogen and oxygen atoms in total. The number of aryl methyl sites for hydroxylation is 1. The van der Waals surface area contributed by atoms with Crippen LogP contribution in [0.3, 0.4) is 0 Å². The predicted octanol–water partition coefficient (Wildman–Crippen LogP) is 2.68. The average Bonchev–Trinajstić information content (AvgIpc) is 2.28. The van der Waals surface area contributed by atoms with Crippen LogP contribution in [0.5, 0.6) is 5.75 Å². The standard InChI is InChI=1S/C12H19ClN2O/c1-4-14-5-6-15-11-8-10(13)12(16-3)7-9(11)2/h7-8,14-15H,4-6H2,1-3H3. The van der Waals surface area contributed by atoms with E-state index in [2.05, 4.69) is 17.6 Å². The van der Waals surface area contributed by atoms with E-state index in [1.807, 2.05) is 19.1 Å². The molecule has 16 heavy (non-hydrogen) atoms. The van der Waals surface area contributed by atoms with Crippen LogP contribution in [0.1, 0.15) is 12.5 Å². The van der Waals surface area contributed by atoms with E-state index < -0.39 is 0 Å². The van der Waals surface area contributed by atoms with E-state index in [1.165, 1.54) is 0 Å². The Bertz CT molecular complexity index is 342. The molecule has 0 atom stereocenters. The van der Waals surface area contributed by atoms with E-state index in [1.54, 1.807) is 7.11 Å². The van der Waals surface area contributed by atoms with Crippen molar-refractivity contribution in [2.45, 2.75) is 13.8 Å². The molecule has 4 heteroatoms. The number of hydrogen-bond acceptors (Lipinski definition) is 3. The van der Waals surface area contributed by atoms with E-state index in [9.17, 15) is 0 Å².